The first-order valence-corrected chi connectivity index (χ1v) is 8.06. The molecule has 0 saturated carbocycles. The number of nitrogens with zero attached hydrogens (tertiary/aromatic N) is 1. The summed E-state index contributed by atoms with van der Waals surface area (Å²) in [7, 11) is 0. The molecule has 5 heteroatoms. The van der Waals surface area contributed by atoms with Crippen molar-refractivity contribution in [3.63, 3.8) is 0 Å². The van der Waals surface area contributed by atoms with Crippen molar-refractivity contribution in [3.05, 3.63) is 61.1 Å². The normalized spacial score (nSPS) is 17.3. The van der Waals surface area contributed by atoms with E-state index >= 15 is 0 Å². The van der Waals surface area contributed by atoms with E-state index in [1.54, 1.807) is 6.07 Å². The van der Waals surface area contributed by atoms with Crippen molar-refractivity contribution in [1.82, 2.24) is 10.2 Å². The zero-order chi connectivity index (χ0) is 14.8. The number of aromatic amines is 1. The number of hydrogen-bond acceptors (Lipinski definition) is 3. The van der Waals surface area contributed by atoms with E-state index in [1.807, 2.05) is 24.3 Å². The third-order valence-electron chi connectivity index (χ3n) is 3.92. The van der Waals surface area contributed by atoms with Gasteiger partial charge in [0.1, 0.15) is 0 Å². The van der Waals surface area contributed by atoms with Gasteiger partial charge in [0.25, 0.3) is 5.56 Å². The maximum atomic E-state index is 12.3. The van der Waals surface area contributed by atoms with Crippen LogP contribution in [0.4, 0.5) is 0 Å². The maximum Gasteiger partial charge on any atom is 0.264 e. The van der Waals surface area contributed by atoms with Crippen LogP contribution < -0.4 is 5.56 Å². The summed E-state index contributed by atoms with van der Waals surface area (Å²) in [6, 6.07) is 9.28. The van der Waals surface area contributed by atoms with E-state index in [0.29, 0.717) is 12.3 Å². The lowest BCUT2D eigenvalue weighted by Crippen LogP contribution is -2.22. The van der Waals surface area contributed by atoms with Crippen LogP contribution in [0, 0.1) is 9.49 Å². The van der Waals surface area contributed by atoms with Gasteiger partial charge in [0.2, 0.25) is 0 Å². The highest BCUT2D eigenvalue weighted by molar-refractivity contribution is 14.1. The number of aryl methyl sites for hydroxylation is 1. The van der Waals surface area contributed by atoms with Gasteiger partial charge in [-0.05, 0) is 65.5 Å². The van der Waals surface area contributed by atoms with E-state index in [-0.39, 0.29) is 11.3 Å². The van der Waals surface area contributed by atoms with Crippen LogP contribution in [0.15, 0.2) is 35.1 Å². The molecule has 1 heterocycles. The number of Topliss-reactive ketones (excluding diaryl/α,β-unsaturated/α-hetero) is 1. The molecule has 3 rings (SSSR count). The van der Waals surface area contributed by atoms with E-state index in [0.717, 1.165) is 39.7 Å². The molecule has 0 saturated heterocycles. The van der Waals surface area contributed by atoms with E-state index < -0.39 is 0 Å². The van der Waals surface area contributed by atoms with Crippen molar-refractivity contribution in [2.45, 2.75) is 25.7 Å². The highest BCUT2D eigenvalue weighted by Crippen LogP contribution is 2.26. The number of fused-ring (bicyclic) bond motifs is 1. The van der Waals surface area contributed by atoms with Crippen molar-refractivity contribution < 1.29 is 4.79 Å². The number of hydrogen-bond donors (Lipinski definition) is 1. The molecule has 1 atom stereocenters. The lowest BCUT2D eigenvalue weighted by Gasteiger charge is -2.22. The van der Waals surface area contributed by atoms with Crippen molar-refractivity contribution >= 4 is 28.4 Å². The molecule has 1 aliphatic carbocycles. The first-order chi connectivity index (χ1) is 10.1. The van der Waals surface area contributed by atoms with Gasteiger partial charge in [-0.15, -0.1) is 0 Å². The molecule has 108 valence electrons. The number of nitrogens with one attached hydrogen (secondary N) is 1. The number of rotatable bonds is 3. The Hall–Kier alpha value is -1.50. The molecule has 0 radical (unpaired) electrons. The van der Waals surface area contributed by atoms with Gasteiger partial charge in [-0.1, -0.05) is 12.1 Å². The van der Waals surface area contributed by atoms with Gasteiger partial charge in [-0.2, -0.15) is 5.10 Å². The van der Waals surface area contributed by atoms with Crippen molar-refractivity contribution in [2.75, 3.05) is 0 Å². The van der Waals surface area contributed by atoms with Gasteiger partial charge < -0.3 is 0 Å². The van der Waals surface area contributed by atoms with Crippen LogP contribution in [0.3, 0.4) is 0 Å². The number of carbonyl (C=O) groups is 1. The van der Waals surface area contributed by atoms with Crippen LogP contribution in [-0.4, -0.2) is 16.0 Å². The first kappa shape index (κ1) is 14.4. The SMILES string of the molecule is O=C(CC1CCc2n[nH]c(=O)cc2C1)c1ccc(I)cc1. The third-order valence-corrected chi connectivity index (χ3v) is 4.63. The molecule has 4 nitrogen and oxygen atoms in total. The minimum Gasteiger partial charge on any atom is -0.294 e. The second-order valence-electron chi connectivity index (χ2n) is 5.45. The predicted molar refractivity (Wildman–Crippen MR) is 88.5 cm³/mol. The molecule has 2 aromatic rings. The number of carbonyl (C=O) groups excluding carboxylic acids is 1. The Morgan fingerprint density at radius 2 is 2.10 bits per heavy atom. The Morgan fingerprint density at radius 3 is 2.86 bits per heavy atom. The zero-order valence-corrected chi connectivity index (χ0v) is 13.6. The zero-order valence-electron chi connectivity index (χ0n) is 11.4. The topological polar surface area (TPSA) is 62.8 Å². The summed E-state index contributed by atoms with van der Waals surface area (Å²) in [4.78, 5) is 23.7. The average molecular weight is 394 g/mol. The lowest BCUT2D eigenvalue weighted by atomic mass is 9.83. The fraction of sp³-hybridized carbons (Fsp3) is 0.312. The number of halogens is 1. The molecule has 0 fully saturated rings. The van der Waals surface area contributed by atoms with Gasteiger partial charge in [-0.25, -0.2) is 5.10 Å². The highest BCUT2D eigenvalue weighted by Gasteiger charge is 2.22. The third kappa shape index (κ3) is 3.40. The first-order valence-electron chi connectivity index (χ1n) is 6.98. The monoisotopic (exact) mass is 394 g/mol. The van der Waals surface area contributed by atoms with Crippen LogP contribution in [-0.2, 0) is 12.8 Å². The summed E-state index contributed by atoms with van der Waals surface area (Å²) >= 11 is 2.23. The van der Waals surface area contributed by atoms with Gasteiger partial charge in [0.15, 0.2) is 5.78 Å². The Kier molecular flexibility index (Phi) is 4.19. The summed E-state index contributed by atoms with van der Waals surface area (Å²) in [6.07, 6.45) is 3.08. The van der Waals surface area contributed by atoms with Gasteiger partial charge in [0, 0.05) is 21.6 Å². The Morgan fingerprint density at radius 1 is 1.33 bits per heavy atom. The summed E-state index contributed by atoms with van der Waals surface area (Å²) in [5.74, 6) is 0.477. The smallest absolute Gasteiger partial charge is 0.264 e. The van der Waals surface area contributed by atoms with Gasteiger partial charge in [0.05, 0.1) is 5.69 Å². The molecule has 0 amide bonds. The fourth-order valence-electron chi connectivity index (χ4n) is 2.81. The van der Waals surface area contributed by atoms with Crippen LogP contribution in [0.2, 0.25) is 0 Å². The minimum atomic E-state index is -0.168. The summed E-state index contributed by atoms with van der Waals surface area (Å²) < 4.78 is 1.13. The van der Waals surface area contributed by atoms with Gasteiger partial charge in [-0.3, -0.25) is 9.59 Å². The number of aromatic nitrogens is 2. The van der Waals surface area contributed by atoms with Crippen LogP contribution in [0.5, 0.6) is 0 Å². The van der Waals surface area contributed by atoms with E-state index in [9.17, 15) is 9.59 Å². The second-order valence-corrected chi connectivity index (χ2v) is 6.69. The molecular formula is C16H15IN2O2. The maximum absolute atomic E-state index is 12.3. The largest absolute Gasteiger partial charge is 0.294 e. The predicted octanol–water partition coefficient (Wildman–Crippen LogP) is 2.75. The molecule has 0 bridgehead atoms. The summed E-state index contributed by atoms with van der Waals surface area (Å²) in [5, 5.41) is 6.55. The minimum absolute atomic E-state index is 0.168. The average Bonchev–Trinajstić information content (AvgIpc) is 2.47. The molecular weight excluding hydrogens is 379 g/mol. The Balaban J connectivity index is 1.70. The van der Waals surface area contributed by atoms with Crippen molar-refractivity contribution in [1.29, 1.82) is 0 Å². The molecule has 1 aliphatic rings. The number of H-pyrrole nitrogens is 1. The van der Waals surface area contributed by atoms with E-state index in [4.69, 9.17) is 0 Å². The Bertz CT molecular complexity index is 722. The van der Waals surface area contributed by atoms with E-state index in [1.165, 1.54) is 0 Å². The number of benzene rings is 1. The fourth-order valence-corrected chi connectivity index (χ4v) is 3.16. The molecule has 1 N–H and O–H groups in total. The Labute approximate surface area is 136 Å². The van der Waals surface area contributed by atoms with Gasteiger partial charge >= 0.3 is 0 Å². The van der Waals surface area contributed by atoms with Crippen LogP contribution in [0.25, 0.3) is 0 Å². The molecule has 1 aromatic heterocycles. The summed E-state index contributed by atoms with van der Waals surface area (Å²) in [6.45, 7) is 0. The molecule has 1 aromatic carbocycles. The molecule has 0 aliphatic heterocycles. The summed E-state index contributed by atoms with van der Waals surface area (Å²) in [5.41, 5.74) is 2.56. The lowest BCUT2D eigenvalue weighted by molar-refractivity contribution is 0.0957. The highest BCUT2D eigenvalue weighted by atomic mass is 127. The standard InChI is InChI=1S/C16H15IN2O2/c17-13-4-2-11(3-5-13)15(20)8-10-1-6-14-12(7-10)9-16(21)19-18-14/h2-5,9-10H,1,6-8H2,(H,19,21). The number of ketones is 1. The van der Waals surface area contributed by atoms with E-state index in [2.05, 4.69) is 32.8 Å². The second kappa shape index (κ2) is 6.09. The van der Waals surface area contributed by atoms with Crippen LogP contribution in [0.1, 0.15) is 34.5 Å². The molecule has 0 spiro atoms. The van der Waals surface area contributed by atoms with Crippen molar-refractivity contribution in [3.8, 4) is 0 Å². The van der Waals surface area contributed by atoms with Crippen molar-refractivity contribution in [2.24, 2.45) is 5.92 Å². The molecule has 21 heavy (non-hydrogen) atoms. The molecule has 1 unspecified atom stereocenters. The van der Waals surface area contributed by atoms with Crippen LogP contribution >= 0.6 is 22.6 Å². The quantitative estimate of drug-likeness (QED) is 0.644.